The Hall–Kier alpha value is -0.280. The van der Waals surface area contributed by atoms with Crippen LogP contribution in [-0.2, 0) is 9.53 Å². The highest BCUT2D eigenvalue weighted by Crippen LogP contribution is 2.36. The van der Waals surface area contributed by atoms with Crippen LogP contribution >= 0.6 is 11.6 Å². The lowest BCUT2D eigenvalue weighted by Crippen LogP contribution is -2.42. The molecule has 0 bridgehead atoms. The first kappa shape index (κ1) is 9.28. The summed E-state index contributed by atoms with van der Waals surface area (Å²) in [6.45, 7) is 1.29. The number of halogens is 1. The Kier molecular flexibility index (Phi) is 2.47. The molecule has 2 fully saturated rings. The zero-order chi connectivity index (χ0) is 9.31. The first-order chi connectivity index (χ1) is 6.26. The van der Waals surface area contributed by atoms with E-state index in [0.717, 1.165) is 19.3 Å². The van der Waals surface area contributed by atoms with Crippen LogP contribution < -0.4 is 5.32 Å². The average molecular weight is 204 g/mol. The topological polar surface area (TPSA) is 38.3 Å². The van der Waals surface area contributed by atoms with Gasteiger partial charge in [0.2, 0.25) is 5.91 Å². The second-order valence-corrected chi connectivity index (χ2v) is 4.23. The van der Waals surface area contributed by atoms with Crippen molar-refractivity contribution in [1.82, 2.24) is 5.32 Å². The minimum atomic E-state index is -0.0682. The molecule has 0 aromatic carbocycles. The lowest BCUT2D eigenvalue weighted by Gasteiger charge is -2.16. The predicted octanol–water partition coefficient (Wildman–Crippen LogP) is 0.910. The molecule has 0 radical (unpaired) electrons. The Morgan fingerprint density at radius 2 is 2.38 bits per heavy atom. The number of hydrogen-bond donors (Lipinski definition) is 1. The number of rotatable bonds is 3. The van der Waals surface area contributed by atoms with Gasteiger partial charge in [-0.15, -0.1) is 11.6 Å². The molecule has 1 N–H and O–H groups in total. The fourth-order valence-corrected chi connectivity index (χ4v) is 1.88. The fourth-order valence-electron chi connectivity index (χ4n) is 1.55. The van der Waals surface area contributed by atoms with Gasteiger partial charge in [-0.05, 0) is 19.3 Å². The van der Waals surface area contributed by atoms with Crippen LogP contribution in [0.1, 0.15) is 19.3 Å². The van der Waals surface area contributed by atoms with Gasteiger partial charge in [0.15, 0.2) is 0 Å². The first-order valence-corrected chi connectivity index (χ1v) is 5.25. The van der Waals surface area contributed by atoms with Gasteiger partial charge in [-0.25, -0.2) is 0 Å². The van der Waals surface area contributed by atoms with Crippen molar-refractivity contribution in [3.05, 3.63) is 0 Å². The molecule has 74 valence electrons. The van der Waals surface area contributed by atoms with Gasteiger partial charge in [-0.2, -0.15) is 0 Å². The smallest absolute Gasteiger partial charge is 0.225 e. The summed E-state index contributed by atoms with van der Waals surface area (Å²) in [7, 11) is 0. The maximum absolute atomic E-state index is 11.6. The highest BCUT2D eigenvalue weighted by Gasteiger charge is 2.44. The fraction of sp³-hybridized carbons (Fsp3) is 0.889. The zero-order valence-corrected chi connectivity index (χ0v) is 8.27. The Bertz CT molecular complexity index is 210. The number of hydrogen-bond acceptors (Lipinski definition) is 2. The summed E-state index contributed by atoms with van der Waals surface area (Å²) in [4.78, 5) is 11.6. The van der Waals surface area contributed by atoms with E-state index in [9.17, 15) is 4.79 Å². The Labute approximate surface area is 82.8 Å². The lowest BCUT2D eigenvalue weighted by atomic mass is 10.1. The molecular weight excluding hydrogens is 190 g/mol. The van der Waals surface area contributed by atoms with E-state index in [4.69, 9.17) is 16.3 Å². The molecule has 1 atom stereocenters. The van der Waals surface area contributed by atoms with Gasteiger partial charge in [-0.3, -0.25) is 4.79 Å². The minimum Gasteiger partial charge on any atom is -0.381 e. The van der Waals surface area contributed by atoms with E-state index in [1.165, 1.54) is 0 Å². The third-order valence-electron chi connectivity index (χ3n) is 2.80. The van der Waals surface area contributed by atoms with Crippen LogP contribution in [0.5, 0.6) is 0 Å². The second-order valence-electron chi connectivity index (χ2n) is 3.96. The first-order valence-electron chi connectivity index (χ1n) is 4.71. The molecule has 4 heteroatoms. The van der Waals surface area contributed by atoms with Crippen molar-refractivity contribution >= 4 is 17.5 Å². The summed E-state index contributed by atoms with van der Waals surface area (Å²) in [5.41, 5.74) is -0.0682. The van der Waals surface area contributed by atoms with Gasteiger partial charge < -0.3 is 10.1 Å². The van der Waals surface area contributed by atoms with Crippen molar-refractivity contribution in [3.63, 3.8) is 0 Å². The zero-order valence-electron chi connectivity index (χ0n) is 7.51. The maximum Gasteiger partial charge on any atom is 0.225 e. The lowest BCUT2D eigenvalue weighted by molar-refractivity contribution is -0.125. The Balaban J connectivity index is 1.84. The highest BCUT2D eigenvalue weighted by molar-refractivity contribution is 6.19. The van der Waals surface area contributed by atoms with Crippen LogP contribution in [0.2, 0.25) is 0 Å². The van der Waals surface area contributed by atoms with Crippen molar-refractivity contribution in [3.8, 4) is 0 Å². The molecule has 1 aliphatic carbocycles. The molecule has 1 unspecified atom stereocenters. The molecule has 1 amide bonds. The van der Waals surface area contributed by atoms with Gasteiger partial charge in [0.1, 0.15) is 0 Å². The summed E-state index contributed by atoms with van der Waals surface area (Å²) in [6, 6.07) is 0. The summed E-state index contributed by atoms with van der Waals surface area (Å²) in [5, 5.41) is 3.01. The number of alkyl halides is 1. The molecule has 0 aromatic heterocycles. The van der Waals surface area contributed by atoms with Crippen molar-refractivity contribution in [2.45, 2.75) is 24.8 Å². The van der Waals surface area contributed by atoms with Crippen LogP contribution in [0.15, 0.2) is 0 Å². The molecule has 1 aliphatic heterocycles. The Morgan fingerprint density at radius 3 is 2.85 bits per heavy atom. The van der Waals surface area contributed by atoms with Crippen molar-refractivity contribution in [2.75, 3.05) is 19.1 Å². The van der Waals surface area contributed by atoms with Crippen LogP contribution in [0, 0.1) is 5.92 Å². The molecular formula is C9H14ClNO2. The van der Waals surface area contributed by atoms with Crippen molar-refractivity contribution in [2.24, 2.45) is 5.92 Å². The Morgan fingerprint density at radius 1 is 1.62 bits per heavy atom. The molecule has 0 spiro atoms. The predicted molar refractivity (Wildman–Crippen MR) is 49.8 cm³/mol. The molecule has 0 aromatic rings. The van der Waals surface area contributed by atoms with Gasteiger partial charge in [0, 0.05) is 12.5 Å². The second kappa shape index (κ2) is 3.46. The summed E-state index contributed by atoms with van der Waals surface area (Å²) < 4.78 is 5.15. The number of carbonyl (C=O) groups is 1. The van der Waals surface area contributed by atoms with Crippen molar-refractivity contribution in [1.29, 1.82) is 0 Å². The van der Waals surface area contributed by atoms with Gasteiger partial charge >= 0.3 is 0 Å². The molecule has 13 heavy (non-hydrogen) atoms. The highest BCUT2D eigenvalue weighted by atomic mass is 35.5. The summed E-state index contributed by atoms with van der Waals surface area (Å²) >= 11 is 5.76. The van der Waals surface area contributed by atoms with E-state index in [0.29, 0.717) is 19.1 Å². The standard InChI is InChI=1S/C9H14ClNO2/c10-6-9(2-3-9)11-8(12)7-1-4-13-5-7/h7H,1-6H2,(H,11,12). The maximum atomic E-state index is 11.6. The number of ether oxygens (including phenoxy) is 1. The van der Waals surface area contributed by atoms with Crippen LogP contribution in [0.4, 0.5) is 0 Å². The summed E-state index contributed by atoms with van der Waals surface area (Å²) in [5.74, 6) is 0.711. The average Bonchev–Trinajstić information content (AvgIpc) is 2.69. The van der Waals surface area contributed by atoms with E-state index in [1.54, 1.807) is 0 Å². The number of carbonyl (C=O) groups excluding carboxylic acids is 1. The molecule has 1 heterocycles. The monoisotopic (exact) mass is 203 g/mol. The molecule has 1 saturated carbocycles. The number of nitrogens with one attached hydrogen (secondary N) is 1. The van der Waals surface area contributed by atoms with E-state index >= 15 is 0 Å². The van der Waals surface area contributed by atoms with Crippen molar-refractivity contribution < 1.29 is 9.53 Å². The minimum absolute atomic E-state index is 0.0562. The third kappa shape index (κ3) is 1.97. The van der Waals surface area contributed by atoms with Gasteiger partial charge in [0.05, 0.1) is 18.1 Å². The normalized spacial score (nSPS) is 30.1. The molecule has 2 rings (SSSR count). The molecule has 3 nitrogen and oxygen atoms in total. The SMILES string of the molecule is O=C(NC1(CCl)CC1)C1CCOC1. The van der Waals surface area contributed by atoms with Crippen LogP contribution in [0.25, 0.3) is 0 Å². The van der Waals surface area contributed by atoms with E-state index in [2.05, 4.69) is 5.32 Å². The molecule has 1 saturated heterocycles. The number of amides is 1. The van der Waals surface area contributed by atoms with Crippen LogP contribution in [-0.4, -0.2) is 30.5 Å². The quantitative estimate of drug-likeness (QED) is 0.693. The van der Waals surface area contributed by atoms with Crippen LogP contribution in [0.3, 0.4) is 0 Å². The van der Waals surface area contributed by atoms with Gasteiger partial charge in [0.25, 0.3) is 0 Å². The third-order valence-corrected chi connectivity index (χ3v) is 3.31. The van der Waals surface area contributed by atoms with E-state index in [-0.39, 0.29) is 17.4 Å². The summed E-state index contributed by atoms with van der Waals surface area (Å²) in [6.07, 6.45) is 2.90. The van der Waals surface area contributed by atoms with E-state index in [1.807, 2.05) is 0 Å². The van der Waals surface area contributed by atoms with E-state index < -0.39 is 0 Å². The molecule has 2 aliphatic rings. The largest absolute Gasteiger partial charge is 0.381 e. The van der Waals surface area contributed by atoms with Gasteiger partial charge in [-0.1, -0.05) is 0 Å².